The molecule has 114 valence electrons. The van der Waals surface area contributed by atoms with E-state index in [4.69, 9.17) is 0 Å². The molecule has 2 aromatic rings. The quantitative estimate of drug-likeness (QED) is 0.497. The lowest BCUT2D eigenvalue weighted by atomic mass is 10.2. The van der Waals surface area contributed by atoms with E-state index in [1.54, 1.807) is 18.3 Å². The van der Waals surface area contributed by atoms with E-state index in [1.165, 1.54) is 12.1 Å². The van der Waals surface area contributed by atoms with E-state index in [0.29, 0.717) is 5.69 Å². The molecule has 0 atom stereocenters. The van der Waals surface area contributed by atoms with Crippen LogP contribution < -0.4 is 10.3 Å². The molecule has 0 radical (unpaired) electrons. The highest BCUT2D eigenvalue weighted by atomic mass is 79.9. The fourth-order valence-corrected chi connectivity index (χ4v) is 2.56. The summed E-state index contributed by atoms with van der Waals surface area (Å²) in [6.07, 6.45) is 1.69. The molecule has 0 aliphatic rings. The van der Waals surface area contributed by atoms with Gasteiger partial charge >= 0.3 is 0 Å². The van der Waals surface area contributed by atoms with Gasteiger partial charge in [-0.05, 0) is 45.8 Å². The highest BCUT2D eigenvalue weighted by molar-refractivity contribution is 9.10. The summed E-state index contributed by atoms with van der Waals surface area (Å²) < 4.78 is 0.983. The molecule has 0 saturated heterocycles. The fourth-order valence-electron chi connectivity index (χ4n) is 1.81. The van der Waals surface area contributed by atoms with Crippen LogP contribution in [0.4, 0.5) is 17.1 Å². The first-order valence-electron chi connectivity index (χ1n) is 6.48. The molecular weight excluding hydrogens is 348 g/mol. The van der Waals surface area contributed by atoms with Gasteiger partial charge in [-0.25, -0.2) is 0 Å². The van der Waals surface area contributed by atoms with Crippen molar-refractivity contribution in [1.29, 1.82) is 0 Å². The maximum absolute atomic E-state index is 10.6. The first-order valence-corrected chi connectivity index (χ1v) is 7.27. The van der Waals surface area contributed by atoms with Gasteiger partial charge in [-0.2, -0.15) is 5.10 Å². The minimum absolute atomic E-state index is 0.0535. The van der Waals surface area contributed by atoms with Crippen molar-refractivity contribution in [3.05, 3.63) is 62.6 Å². The SMILES string of the molecule is CN(C)c1ccc(/C=N\Nc2ccc([N+](=O)[O-])cc2)cc1Br. The molecular formula is C15H15BrN4O2. The lowest BCUT2D eigenvalue weighted by Gasteiger charge is -2.14. The van der Waals surface area contributed by atoms with Crippen molar-refractivity contribution in [3.63, 3.8) is 0 Å². The van der Waals surface area contributed by atoms with Crippen LogP contribution in [-0.2, 0) is 0 Å². The van der Waals surface area contributed by atoms with Crippen LogP contribution in [0.25, 0.3) is 0 Å². The Morgan fingerprint density at radius 3 is 2.45 bits per heavy atom. The van der Waals surface area contributed by atoms with Crippen molar-refractivity contribution in [2.75, 3.05) is 24.4 Å². The zero-order valence-electron chi connectivity index (χ0n) is 12.2. The third kappa shape index (κ3) is 4.05. The maximum Gasteiger partial charge on any atom is 0.269 e. The monoisotopic (exact) mass is 362 g/mol. The molecule has 0 bridgehead atoms. The number of hydrazone groups is 1. The van der Waals surface area contributed by atoms with Gasteiger partial charge in [-0.15, -0.1) is 0 Å². The molecule has 0 saturated carbocycles. The van der Waals surface area contributed by atoms with Crippen LogP contribution in [0.15, 0.2) is 52.0 Å². The number of non-ortho nitro benzene ring substituents is 1. The molecule has 0 aromatic heterocycles. The molecule has 0 fully saturated rings. The van der Waals surface area contributed by atoms with Gasteiger partial charge in [0.15, 0.2) is 0 Å². The van der Waals surface area contributed by atoms with Crippen LogP contribution in [0, 0.1) is 10.1 Å². The average molecular weight is 363 g/mol. The Kier molecular flexibility index (Phi) is 5.11. The van der Waals surface area contributed by atoms with Crippen LogP contribution in [-0.4, -0.2) is 25.2 Å². The second-order valence-electron chi connectivity index (χ2n) is 4.78. The van der Waals surface area contributed by atoms with E-state index in [-0.39, 0.29) is 5.69 Å². The Labute approximate surface area is 136 Å². The number of hydrogen-bond donors (Lipinski definition) is 1. The van der Waals surface area contributed by atoms with Crippen molar-refractivity contribution in [2.45, 2.75) is 0 Å². The van der Waals surface area contributed by atoms with Crippen molar-refractivity contribution in [1.82, 2.24) is 0 Å². The van der Waals surface area contributed by atoms with Crippen molar-refractivity contribution in [3.8, 4) is 0 Å². The van der Waals surface area contributed by atoms with Gasteiger partial charge in [0.25, 0.3) is 5.69 Å². The minimum Gasteiger partial charge on any atom is -0.377 e. The molecule has 0 heterocycles. The Hall–Kier alpha value is -2.41. The summed E-state index contributed by atoms with van der Waals surface area (Å²) in [5, 5.41) is 14.7. The van der Waals surface area contributed by atoms with Crippen LogP contribution >= 0.6 is 15.9 Å². The zero-order chi connectivity index (χ0) is 16.1. The Morgan fingerprint density at radius 2 is 1.91 bits per heavy atom. The summed E-state index contributed by atoms with van der Waals surface area (Å²) in [5.74, 6) is 0. The third-order valence-electron chi connectivity index (χ3n) is 2.94. The van der Waals surface area contributed by atoms with E-state index < -0.39 is 4.92 Å². The molecule has 6 nitrogen and oxygen atoms in total. The van der Waals surface area contributed by atoms with Gasteiger partial charge in [0.2, 0.25) is 0 Å². The van der Waals surface area contributed by atoms with Gasteiger partial charge in [-0.3, -0.25) is 15.5 Å². The van der Waals surface area contributed by atoms with Gasteiger partial charge in [0, 0.05) is 30.7 Å². The third-order valence-corrected chi connectivity index (χ3v) is 3.57. The number of benzene rings is 2. The first-order chi connectivity index (χ1) is 10.5. The van der Waals surface area contributed by atoms with Crippen molar-refractivity contribution in [2.24, 2.45) is 5.10 Å². The van der Waals surface area contributed by atoms with Crippen LogP contribution in [0.1, 0.15) is 5.56 Å². The minimum atomic E-state index is -0.434. The van der Waals surface area contributed by atoms with Gasteiger partial charge < -0.3 is 4.90 Å². The summed E-state index contributed by atoms with van der Waals surface area (Å²) in [5.41, 5.74) is 5.60. The van der Waals surface area contributed by atoms with E-state index in [0.717, 1.165) is 15.7 Å². The maximum atomic E-state index is 10.6. The second-order valence-corrected chi connectivity index (χ2v) is 5.63. The fraction of sp³-hybridized carbons (Fsp3) is 0.133. The molecule has 7 heteroatoms. The smallest absolute Gasteiger partial charge is 0.269 e. The summed E-state index contributed by atoms with van der Waals surface area (Å²) in [6, 6.07) is 12.0. The molecule has 1 N–H and O–H groups in total. The summed E-state index contributed by atoms with van der Waals surface area (Å²) in [4.78, 5) is 12.1. The van der Waals surface area contributed by atoms with Gasteiger partial charge in [0.1, 0.15) is 0 Å². The second kappa shape index (κ2) is 7.04. The standard InChI is InChI=1S/C15H15BrN4O2/c1-19(2)15-8-3-11(9-14(15)16)10-17-18-12-4-6-13(7-5-12)20(21)22/h3-10,18H,1-2H3/b17-10-. The van der Waals surface area contributed by atoms with Crippen LogP contribution in [0.3, 0.4) is 0 Å². The Morgan fingerprint density at radius 1 is 1.23 bits per heavy atom. The number of nitrogens with zero attached hydrogens (tertiary/aromatic N) is 3. The summed E-state index contributed by atoms with van der Waals surface area (Å²) in [6.45, 7) is 0. The number of nitrogens with one attached hydrogen (secondary N) is 1. The Bertz CT molecular complexity index is 699. The highest BCUT2D eigenvalue weighted by Gasteiger charge is 2.03. The number of anilines is 2. The van der Waals surface area contributed by atoms with Crippen molar-refractivity contribution < 1.29 is 4.92 Å². The molecule has 0 amide bonds. The number of hydrogen-bond acceptors (Lipinski definition) is 5. The molecule has 22 heavy (non-hydrogen) atoms. The molecule has 0 unspecified atom stereocenters. The summed E-state index contributed by atoms with van der Waals surface area (Å²) in [7, 11) is 3.95. The lowest BCUT2D eigenvalue weighted by Crippen LogP contribution is -2.09. The summed E-state index contributed by atoms with van der Waals surface area (Å²) >= 11 is 3.52. The number of rotatable bonds is 5. The Balaban J connectivity index is 2.03. The molecule has 2 aromatic carbocycles. The van der Waals surface area contributed by atoms with E-state index in [1.807, 2.05) is 37.2 Å². The zero-order valence-corrected chi connectivity index (χ0v) is 13.7. The molecule has 0 aliphatic heterocycles. The lowest BCUT2D eigenvalue weighted by molar-refractivity contribution is -0.384. The van der Waals surface area contributed by atoms with Gasteiger partial charge in [-0.1, -0.05) is 6.07 Å². The normalized spacial score (nSPS) is 10.7. The van der Waals surface area contributed by atoms with Crippen molar-refractivity contribution >= 4 is 39.2 Å². The molecule has 0 aliphatic carbocycles. The number of nitro groups is 1. The van der Waals surface area contributed by atoms with Crippen LogP contribution in [0.2, 0.25) is 0 Å². The predicted octanol–water partition coefficient (Wildman–Crippen LogP) is 3.87. The largest absolute Gasteiger partial charge is 0.377 e. The topological polar surface area (TPSA) is 70.8 Å². The average Bonchev–Trinajstić information content (AvgIpc) is 2.47. The molecule has 2 rings (SSSR count). The number of nitro benzene ring substituents is 1. The van der Waals surface area contributed by atoms with Gasteiger partial charge in [0.05, 0.1) is 22.5 Å². The van der Waals surface area contributed by atoms with Crippen LogP contribution in [0.5, 0.6) is 0 Å². The van der Waals surface area contributed by atoms with E-state index in [9.17, 15) is 10.1 Å². The van der Waals surface area contributed by atoms with E-state index in [2.05, 4.69) is 26.5 Å². The number of halogens is 1. The predicted molar refractivity (Wildman–Crippen MR) is 92.8 cm³/mol. The highest BCUT2D eigenvalue weighted by Crippen LogP contribution is 2.25. The van der Waals surface area contributed by atoms with E-state index >= 15 is 0 Å². The first kappa shape index (κ1) is 16.0. The molecule has 0 spiro atoms.